The molecule has 2 rings (SSSR count). The number of carbonyl (C=O) groups excluding carboxylic acids is 2. The summed E-state index contributed by atoms with van der Waals surface area (Å²) >= 11 is 0. The highest BCUT2D eigenvalue weighted by Gasteiger charge is 2.24. The van der Waals surface area contributed by atoms with E-state index < -0.39 is 0 Å². The third kappa shape index (κ3) is 4.69. The van der Waals surface area contributed by atoms with Crippen molar-refractivity contribution in [2.45, 2.75) is 20.8 Å². The molecule has 0 aromatic carbocycles. The van der Waals surface area contributed by atoms with Crippen molar-refractivity contribution in [2.24, 2.45) is 0 Å². The standard InChI is InChI=1S/C15H25N5O3/c1-4-19(5-2)14(21)11-18-6-8-20(9-7-18)15(22)16-13-10-12(3)23-17-13/h10H,4-9,11H2,1-3H3,(H,16,17,22). The molecule has 8 nitrogen and oxygen atoms in total. The first-order chi connectivity index (χ1) is 11.0. The van der Waals surface area contributed by atoms with Crippen LogP contribution in [0.25, 0.3) is 0 Å². The van der Waals surface area contributed by atoms with Crippen LogP contribution < -0.4 is 5.32 Å². The summed E-state index contributed by atoms with van der Waals surface area (Å²) < 4.78 is 4.92. The average molecular weight is 323 g/mol. The molecule has 2 heterocycles. The van der Waals surface area contributed by atoms with Gasteiger partial charge in [-0.1, -0.05) is 5.16 Å². The van der Waals surface area contributed by atoms with Gasteiger partial charge in [0.2, 0.25) is 5.91 Å². The van der Waals surface area contributed by atoms with E-state index in [-0.39, 0.29) is 11.9 Å². The third-order valence-electron chi connectivity index (χ3n) is 4.00. The van der Waals surface area contributed by atoms with Crippen LogP contribution in [0, 0.1) is 6.92 Å². The third-order valence-corrected chi connectivity index (χ3v) is 4.00. The molecule has 0 saturated carbocycles. The van der Waals surface area contributed by atoms with Crippen molar-refractivity contribution >= 4 is 17.8 Å². The van der Waals surface area contributed by atoms with E-state index in [9.17, 15) is 9.59 Å². The molecule has 0 aliphatic carbocycles. The molecular weight excluding hydrogens is 298 g/mol. The fourth-order valence-electron chi connectivity index (χ4n) is 2.59. The van der Waals surface area contributed by atoms with E-state index in [0.29, 0.717) is 44.3 Å². The summed E-state index contributed by atoms with van der Waals surface area (Å²) in [6.07, 6.45) is 0. The molecule has 128 valence electrons. The molecule has 1 N–H and O–H groups in total. The van der Waals surface area contributed by atoms with Gasteiger partial charge in [0.25, 0.3) is 0 Å². The van der Waals surface area contributed by atoms with Crippen LogP contribution in [-0.4, -0.2) is 77.6 Å². The van der Waals surface area contributed by atoms with Crippen LogP contribution in [0.1, 0.15) is 19.6 Å². The lowest BCUT2D eigenvalue weighted by molar-refractivity contribution is -0.132. The highest BCUT2D eigenvalue weighted by molar-refractivity contribution is 5.88. The maximum atomic E-state index is 12.1. The zero-order valence-corrected chi connectivity index (χ0v) is 14.0. The van der Waals surface area contributed by atoms with E-state index in [1.54, 1.807) is 17.9 Å². The van der Waals surface area contributed by atoms with Crippen LogP contribution in [0.4, 0.5) is 10.6 Å². The van der Waals surface area contributed by atoms with Crippen molar-refractivity contribution in [3.05, 3.63) is 11.8 Å². The van der Waals surface area contributed by atoms with Gasteiger partial charge in [0.05, 0.1) is 6.54 Å². The van der Waals surface area contributed by atoms with Gasteiger partial charge < -0.3 is 14.3 Å². The van der Waals surface area contributed by atoms with Gasteiger partial charge in [0, 0.05) is 45.3 Å². The summed E-state index contributed by atoms with van der Waals surface area (Å²) in [5.74, 6) is 1.22. The van der Waals surface area contributed by atoms with Gasteiger partial charge in [0.1, 0.15) is 5.76 Å². The Morgan fingerprint density at radius 3 is 2.43 bits per heavy atom. The van der Waals surface area contributed by atoms with Crippen LogP contribution in [-0.2, 0) is 4.79 Å². The summed E-state index contributed by atoms with van der Waals surface area (Å²) in [7, 11) is 0. The average Bonchev–Trinajstić information content (AvgIpc) is 2.94. The first kappa shape index (κ1) is 17.3. The monoisotopic (exact) mass is 323 g/mol. The summed E-state index contributed by atoms with van der Waals surface area (Å²) in [4.78, 5) is 29.9. The Hall–Kier alpha value is -2.09. The number of nitrogens with one attached hydrogen (secondary N) is 1. The lowest BCUT2D eigenvalue weighted by Gasteiger charge is -2.35. The van der Waals surface area contributed by atoms with Crippen LogP contribution in [0.15, 0.2) is 10.6 Å². The maximum absolute atomic E-state index is 12.1. The molecule has 8 heteroatoms. The van der Waals surface area contributed by atoms with Crippen molar-refractivity contribution in [1.82, 2.24) is 19.9 Å². The lowest BCUT2D eigenvalue weighted by Crippen LogP contribution is -2.52. The van der Waals surface area contributed by atoms with Crippen LogP contribution in [0.2, 0.25) is 0 Å². The highest BCUT2D eigenvalue weighted by atomic mass is 16.5. The van der Waals surface area contributed by atoms with Crippen molar-refractivity contribution in [1.29, 1.82) is 0 Å². The number of hydrogen-bond acceptors (Lipinski definition) is 5. The molecule has 1 aromatic heterocycles. The molecule has 0 radical (unpaired) electrons. The van der Waals surface area contributed by atoms with Crippen molar-refractivity contribution in [2.75, 3.05) is 51.1 Å². The quantitative estimate of drug-likeness (QED) is 0.874. The van der Waals surface area contributed by atoms with E-state index in [1.807, 2.05) is 18.7 Å². The number of anilines is 1. The largest absolute Gasteiger partial charge is 0.360 e. The number of urea groups is 1. The SMILES string of the molecule is CCN(CC)C(=O)CN1CCN(C(=O)Nc2cc(C)on2)CC1. The number of likely N-dealkylation sites (N-methyl/N-ethyl adjacent to an activating group) is 1. The zero-order valence-electron chi connectivity index (χ0n) is 14.0. The Morgan fingerprint density at radius 2 is 1.91 bits per heavy atom. The Kier molecular flexibility index (Phi) is 5.97. The van der Waals surface area contributed by atoms with E-state index >= 15 is 0 Å². The van der Waals surface area contributed by atoms with E-state index in [0.717, 1.165) is 13.1 Å². The number of aromatic nitrogens is 1. The van der Waals surface area contributed by atoms with Gasteiger partial charge in [-0.05, 0) is 20.8 Å². The molecule has 0 atom stereocenters. The van der Waals surface area contributed by atoms with Crippen molar-refractivity contribution < 1.29 is 14.1 Å². The summed E-state index contributed by atoms with van der Waals surface area (Å²) in [6.45, 7) is 10.2. The number of carbonyl (C=O) groups is 2. The van der Waals surface area contributed by atoms with Gasteiger partial charge in [-0.3, -0.25) is 15.0 Å². The van der Waals surface area contributed by atoms with Crippen molar-refractivity contribution in [3.8, 4) is 0 Å². The lowest BCUT2D eigenvalue weighted by atomic mass is 10.3. The number of amides is 3. The maximum Gasteiger partial charge on any atom is 0.323 e. The summed E-state index contributed by atoms with van der Waals surface area (Å²) in [5.41, 5.74) is 0. The molecule has 1 aliphatic heterocycles. The molecule has 3 amide bonds. The first-order valence-electron chi connectivity index (χ1n) is 8.02. The molecule has 1 aromatic rings. The Morgan fingerprint density at radius 1 is 1.26 bits per heavy atom. The predicted molar refractivity (Wildman–Crippen MR) is 86.2 cm³/mol. The number of aryl methyl sites for hydroxylation is 1. The Balaban J connectivity index is 1.77. The number of piperazine rings is 1. The fourth-order valence-corrected chi connectivity index (χ4v) is 2.59. The normalized spacial score (nSPS) is 15.5. The number of rotatable bonds is 5. The van der Waals surface area contributed by atoms with Crippen LogP contribution >= 0.6 is 0 Å². The Bertz CT molecular complexity index is 533. The number of hydrogen-bond donors (Lipinski definition) is 1. The van der Waals surface area contributed by atoms with E-state index in [1.165, 1.54) is 0 Å². The molecule has 1 aliphatic rings. The smallest absolute Gasteiger partial charge is 0.323 e. The minimum absolute atomic E-state index is 0.144. The second-order valence-electron chi connectivity index (χ2n) is 5.58. The molecule has 0 bridgehead atoms. The topological polar surface area (TPSA) is 81.9 Å². The highest BCUT2D eigenvalue weighted by Crippen LogP contribution is 2.10. The molecule has 0 spiro atoms. The minimum atomic E-state index is -0.187. The minimum Gasteiger partial charge on any atom is -0.360 e. The molecule has 1 saturated heterocycles. The van der Waals surface area contributed by atoms with E-state index in [2.05, 4.69) is 15.4 Å². The Labute approximate surface area is 136 Å². The molecule has 23 heavy (non-hydrogen) atoms. The molecule has 1 fully saturated rings. The zero-order chi connectivity index (χ0) is 16.8. The van der Waals surface area contributed by atoms with Crippen molar-refractivity contribution in [3.63, 3.8) is 0 Å². The van der Waals surface area contributed by atoms with Gasteiger partial charge in [-0.2, -0.15) is 0 Å². The summed E-state index contributed by atoms with van der Waals surface area (Å²) in [6, 6.07) is 1.49. The molecule has 0 unspecified atom stereocenters. The first-order valence-corrected chi connectivity index (χ1v) is 8.02. The second-order valence-corrected chi connectivity index (χ2v) is 5.58. The predicted octanol–water partition coefficient (Wildman–Crippen LogP) is 1.00. The van der Waals surface area contributed by atoms with Gasteiger partial charge in [0.15, 0.2) is 5.82 Å². The van der Waals surface area contributed by atoms with E-state index in [4.69, 9.17) is 4.52 Å². The van der Waals surface area contributed by atoms with Crippen LogP contribution in [0.5, 0.6) is 0 Å². The number of nitrogens with zero attached hydrogens (tertiary/aromatic N) is 4. The summed E-state index contributed by atoms with van der Waals surface area (Å²) in [5, 5.41) is 6.46. The fraction of sp³-hybridized carbons (Fsp3) is 0.667. The van der Waals surface area contributed by atoms with Gasteiger partial charge in [-0.15, -0.1) is 0 Å². The van der Waals surface area contributed by atoms with Crippen LogP contribution in [0.3, 0.4) is 0 Å². The molecular formula is C15H25N5O3. The van der Waals surface area contributed by atoms with Gasteiger partial charge >= 0.3 is 6.03 Å². The van der Waals surface area contributed by atoms with Gasteiger partial charge in [-0.25, -0.2) is 4.79 Å². The second kappa shape index (κ2) is 7.96.